The van der Waals surface area contributed by atoms with Crippen LogP contribution >= 0.6 is 0 Å². The van der Waals surface area contributed by atoms with E-state index in [1.165, 1.54) is 23.1 Å². The minimum atomic E-state index is -2.81. The summed E-state index contributed by atoms with van der Waals surface area (Å²) >= 11 is 0. The first-order valence-electron chi connectivity index (χ1n) is 12.1. The number of fused-ring (bicyclic) bond motifs is 1. The van der Waals surface area contributed by atoms with E-state index in [4.69, 9.17) is 0 Å². The number of anilines is 1. The van der Waals surface area contributed by atoms with Crippen LogP contribution in [0.2, 0.25) is 0 Å². The van der Waals surface area contributed by atoms with Crippen molar-refractivity contribution in [1.82, 2.24) is 14.9 Å². The van der Waals surface area contributed by atoms with Crippen LogP contribution in [0.5, 0.6) is 0 Å². The zero-order valence-electron chi connectivity index (χ0n) is 19.8. The molecule has 3 aromatic rings. The van der Waals surface area contributed by atoms with Gasteiger partial charge in [0.25, 0.3) is 11.8 Å². The van der Waals surface area contributed by atoms with Gasteiger partial charge in [-0.25, -0.2) is 18.2 Å². The second-order valence-corrected chi connectivity index (χ2v) is 9.58. The minimum absolute atomic E-state index is 0.217. The lowest BCUT2D eigenvalue weighted by molar-refractivity contribution is -0.133. The van der Waals surface area contributed by atoms with E-state index in [-0.39, 0.29) is 11.6 Å². The molecule has 1 aliphatic heterocycles. The molecule has 6 nitrogen and oxygen atoms in total. The maximum Gasteiger partial charge on any atom is 0.252 e. The molecule has 0 spiro atoms. The third-order valence-corrected chi connectivity index (χ3v) is 7.00. The summed E-state index contributed by atoms with van der Waals surface area (Å²) in [4.78, 5) is 33.6. The van der Waals surface area contributed by atoms with E-state index in [2.05, 4.69) is 10.3 Å². The molecule has 36 heavy (non-hydrogen) atoms. The second-order valence-electron chi connectivity index (χ2n) is 9.58. The van der Waals surface area contributed by atoms with Gasteiger partial charge in [-0.3, -0.25) is 14.5 Å². The van der Waals surface area contributed by atoms with Crippen LogP contribution in [0.1, 0.15) is 54.7 Å². The van der Waals surface area contributed by atoms with Gasteiger partial charge in [0.15, 0.2) is 0 Å². The van der Waals surface area contributed by atoms with Crippen LogP contribution in [0.4, 0.5) is 18.9 Å². The van der Waals surface area contributed by atoms with Crippen molar-refractivity contribution in [3.8, 4) is 0 Å². The highest BCUT2D eigenvalue weighted by Crippen LogP contribution is 2.39. The third kappa shape index (κ3) is 4.62. The smallest absolute Gasteiger partial charge is 0.252 e. The molecule has 9 heteroatoms. The number of nitrogens with zero attached hydrogens (tertiary/aromatic N) is 3. The Kier molecular flexibility index (Phi) is 6.32. The second kappa shape index (κ2) is 9.44. The summed E-state index contributed by atoms with van der Waals surface area (Å²) in [5.74, 6) is -3.56. The lowest BCUT2D eigenvalue weighted by atomic mass is 9.87. The Hall–Kier alpha value is -3.62. The number of carbonyl (C=O) groups excluding carboxylic acids is 2. The number of hydrogen-bond donors (Lipinski definition) is 1. The van der Waals surface area contributed by atoms with Crippen molar-refractivity contribution in [2.75, 3.05) is 4.90 Å². The predicted molar refractivity (Wildman–Crippen MR) is 128 cm³/mol. The SMILES string of the molecule is Cc1ccccc1C(C(=O)NC1CC(F)(F)C1)N(C(=O)C1CCCc2nccn21)c1cccc(F)c1. The molecular weight excluding hydrogens is 469 g/mol. The standard InChI is InChI=1S/C27H27F3N4O2/c1-17-6-2-3-9-21(17)24(25(35)32-19-15-27(29,30)16-19)34(20-8-4-7-18(28)14-20)26(36)22-10-5-11-23-31-12-13-33(22)23/h2-4,6-9,12-14,19,22,24H,5,10-11,15-16H2,1H3,(H,32,35). The van der Waals surface area contributed by atoms with Crippen molar-refractivity contribution in [3.05, 3.63) is 83.7 Å². The topological polar surface area (TPSA) is 67.2 Å². The number of nitrogens with one attached hydrogen (secondary N) is 1. The quantitative estimate of drug-likeness (QED) is 0.528. The number of alkyl halides is 2. The summed E-state index contributed by atoms with van der Waals surface area (Å²) in [6.07, 6.45) is 4.47. The molecule has 1 N–H and O–H groups in total. The molecule has 2 atom stereocenters. The largest absolute Gasteiger partial charge is 0.351 e. The molecule has 0 saturated heterocycles. The summed E-state index contributed by atoms with van der Waals surface area (Å²) in [5, 5.41) is 2.71. The number of halogens is 3. The molecule has 2 heterocycles. The molecule has 188 valence electrons. The molecule has 1 aromatic heterocycles. The zero-order valence-corrected chi connectivity index (χ0v) is 19.8. The van der Waals surface area contributed by atoms with E-state index in [0.717, 1.165) is 24.2 Å². The Balaban J connectivity index is 1.60. The summed E-state index contributed by atoms with van der Waals surface area (Å²) in [6, 6.07) is 10.1. The van der Waals surface area contributed by atoms with Gasteiger partial charge in [0.05, 0.1) is 0 Å². The summed E-state index contributed by atoms with van der Waals surface area (Å²) in [6.45, 7) is 1.82. The van der Waals surface area contributed by atoms with Crippen molar-refractivity contribution in [1.29, 1.82) is 0 Å². The molecule has 5 rings (SSSR count). The van der Waals surface area contributed by atoms with Gasteiger partial charge >= 0.3 is 0 Å². The Morgan fingerprint density at radius 3 is 2.67 bits per heavy atom. The summed E-state index contributed by atoms with van der Waals surface area (Å²) in [5.41, 5.74) is 1.51. The Morgan fingerprint density at radius 2 is 1.94 bits per heavy atom. The van der Waals surface area contributed by atoms with E-state index >= 15 is 0 Å². The van der Waals surface area contributed by atoms with Gasteiger partial charge in [-0.05, 0) is 49.1 Å². The first kappa shape index (κ1) is 24.1. The van der Waals surface area contributed by atoms with Crippen LogP contribution < -0.4 is 10.2 Å². The average Bonchev–Trinajstić information content (AvgIpc) is 3.30. The van der Waals surface area contributed by atoms with E-state index in [1.54, 1.807) is 35.2 Å². The van der Waals surface area contributed by atoms with Crippen molar-refractivity contribution < 1.29 is 22.8 Å². The highest BCUT2D eigenvalue weighted by atomic mass is 19.3. The fraction of sp³-hybridized carbons (Fsp3) is 0.370. The van der Waals surface area contributed by atoms with Crippen LogP contribution in [0, 0.1) is 12.7 Å². The number of imidazole rings is 1. The van der Waals surface area contributed by atoms with Crippen molar-refractivity contribution >= 4 is 17.5 Å². The van der Waals surface area contributed by atoms with Gasteiger partial charge in [0.1, 0.15) is 23.7 Å². The normalized spacial score (nSPS) is 19.6. The summed E-state index contributed by atoms with van der Waals surface area (Å²) < 4.78 is 43.2. The fourth-order valence-corrected chi connectivity index (χ4v) is 5.18. The third-order valence-electron chi connectivity index (χ3n) is 7.00. The van der Waals surface area contributed by atoms with Gasteiger partial charge in [-0.1, -0.05) is 30.3 Å². The molecule has 1 saturated carbocycles. The number of benzene rings is 2. The number of carbonyl (C=O) groups is 2. The Morgan fingerprint density at radius 1 is 1.17 bits per heavy atom. The van der Waals surface area contributed by atoms with Gasteiger partial charge in [0, 0.05) is 43.4 Å². The molecule has 0 radical (unpaired) electrons. The van der Waals surface area contributed by atoms with Crippen LogP contribution in [0.3, 0.4) is 0 Å². The van der Waals surface area contributed by atoms with E-state index in [1.807, 2.05) is 19.1 Å². The zero-order chi connectivity index (χ0) is 25.4. The van der Waals surface area contributed by atoms with Gasteiger partial charge < -0.3 is 9.88 Å². The predicted octanol–water partition coefficient (Wildman–Crippen LogP) is 4.90. The van der Waals surface area contributed by atoms with Gasteiger partial charge in [-0.15, -0.1) is 0 Å². The van der Waals surface area contributed by atoms with Crippen LogP contribution in [0.25, 0.3) is 0 Å². The van der Waals surface area contributed by atoms with Crippen LogP contribution in [-0.2, 0) is 16.0 Å². The molecule has 1 aliphatic carbocycles. The monoisotopic (exact) mass is 496 g/mol. The molecule has 2 aromatic carbocycles. The maximum absolute atomic E-state index is 14.4. The number of hydrogen-bond acceptors (Lipinski definition) is 3. The summed E-state index contributed by atoms with van der Waals surface area (Å²) in [7, 11) is 0. The van der Waals surface area contributed by atoms with Crippen molar-refractivity contribution in [3.63, 3.8) is 0 Å². The number of aromatic nitrogens is 2. The van der Waals surface area contributed by atoms with Gasteiger partial charge in [-0.2, -0.15) is 0 Å². The van der Waals surface area contributed by atoms with E-state index < -0.39 is 48.6 Å². The average molecular weight is 497 g/mol. The molecule has 2 amide bonds. The highest BCUT2D eigenvalue weighted by Gasteiger charge is 2.47. The molecule has 2 unspecified atom stereocenters. The first-order valence-corrected chi connectivity index (χ1v) is 12.1. The van der Waals surface area contributed by atoms with Crippen LogP contribution in [0.15, 0.2) is 60.9 Å². The van der Waals surface area contributed by atoms with E-state index in [9.17, 15) is 22.8 Å². The molecule has 2 aliphatic rings. The maximum atomic E-state index is 14.4. The first-order chi connectivity index (χ1) is 17.2. The molecule has 1 fully saturated rings. The number of amides is 2. The van der Waals surface area contributed by atoms with Crippen molar-refractivity contribution in [2.24, 2.45) is 0 Å². The number of aryl methyl sites for hydroxylation is 2. The Bertz CT molecular complexity index is 1280. The lowest BCUT2D eigenvalue weighted by Gasteiger charge is -2.39. The number of rotatable bonds is 6. The van der Waals surface area contributed by atoms with Gasteiger partial charge in [0.2, 0.25) is 5.91 Å². The molecule has 0 bridgehead atoms. The van der Waals surface area contributed by atoms with Crippen molar-refractivity contribution in [2.45, 2.75) is 63.1 Å². The highest BCUT2D eigenvalue weighted by molar-refractivity contribution is 6.03. The van der Waals surface area contributed by atoms with E-state index in [0.29, 0.717) is 12.0 Å². The Labute approximate surface area is 207 Å². The fourth-order valence-electron chi connectivity index (χ4n) is 5.18. The van der Waals surface area contributed by atoms with Crippen LogP contribution in [-0.4, -0.2) is 33.3 Å². The minimum Gasteiger partial charge on any atom is -0.351 e. The lowest BCUT2D eigenvalue weighted by Crippen LogP contribution is -2.54. The molecular formula is C27H27F3N4O2.